The molecule has 0 saturated heterocycles. The highest BCUT2D eigenvalue weighted by Crippen LogP contribution is 2.31. The molecule has 4 nitrogen and oxygen atoms in total. The van der Waals surface area contributed by atoms with E-state index >= 15 is 0 Å². The first-order valence-electron chi connectivity index (χ1n) is 7.07. The minimum atomic E-state index is -4.53. The monoisotopic (exact) mass is 331 g/mol. The lowest BCUT2D eigenvalue weighted by Crippen LogP contribution is -2.33. The number of amides is 1. The van der Waals surface area contributed by atoms with E-state index in [1.807, 2.05) is 0 Å². The molecular weight excluding hydrogens is 311 g/mol. The van der Waals surface area contributed by atoms with Gasteiger partial charge in [0.2, 0.25) is 0 Å². The van der Waals surface area contributed by atoms with E-state index in [-0.39, 0.29) is 18.5 Å². The summed E-state index contributed by atoms with van der Waals surface area (Å²) in [6.07, 6.45) is -5.02. The Kier molecular flexibility index (Phi) is 5.80. The molecule has 0 atom stereocenters. The summed E-state index contributed by atoms with van der Waals surface area (Å²) in [6.45, 7) is 6.43. The Morgan fingerprint density at radius 2 is 1.74 bits per heavy atom. The van der Waals surface area contributed by atoms with E-state index in [9.17, 15) is 22.8 Å². The highest BCUT2D eigenvalue weighted by molar-refractivity contribution is 5.94. The maximum atomic E-state index is 12.8. The van der Waals surface area contributed by atoms with Crippen LogP contribution in [0.15, 0.2) is 18.2 Å². The minimum Gasteiger partial charge on any atom is -0.444 e. The number of alkyl halides is 3. The van der Waals surface area contributed by atoms with Crippen LogP contribution in [0, 0.1) is 0 Å². The molecule has 1 rings (SSSR count). The lowest BCUT2D eigenvalue weighted by molar-refractivity contribution is -0.137. The second-order valence-electron chi connectivity index (χ2n) is 6.15. The number of ketones is 1. The SMILES string of the molecule is CC(=O)c1cc(CCNC(=O)OC(C)(C)C)cc(C(F)(F)F)c1. The molecule has 0 aliphatic heterocycles. The Labute approximate surface area is 133 Å². The molecule has 7 heteroatoms. The van der Waals surface area contributed by atoms with Gasteiger partial charge in [-0.05, 0) is 57.9 Å². The molecular formula is C16H20F3NO3. The predicted octanol–water partition coefficient (Wildman–Crippen LogP) is 3.98. The third-order valence-corrected chi connectivity index (χ3v) is 2.81. The summed E-state index contributed by atoms with van der Waals surface area (Å²) >= 11 is 0. The van der Waals surface area contributed by atoms with Crippen LogP contribution in [0.1, 0.15) is 49.2 Å². The van der Waals surface area contributed by atoms with Crippen molar-refractivity contribution in [1.29, 1.82) is 0 Å². The van der Waals surface area contributed by atoms with Crippen molar-refractivity contribution in [3.63, 3.8) is 0 Å². The lowest BCUT2D eigenvalue weighted by Gasteiger charge is -2.19. The highest BCUT2D eigenvalue weighted by atomic mass is 19.4. The summed E-state index contributed by atoms with van der Waals surface area (Å²) in [5, 5.41) is 2.47. The number of hydrogen-bond donors (Lipinski definition) is 1. The van der Waals surface area contributed by atoms with Gasteiger partial charge in [0.1, 0.15) is 5.60 Å². The first kappa shape index (κ1) is 19.0. The summed E-state index contributed by atoms with van der Waals surface area (Å²) < 4.78 is 43.6. The molecule has 0 aliphatic carbocycles. The normalized spacial score (nSPS) is 12.0. The number of Topliss-reactive ketones (excluding diaryl/α,β-unsaturated/α-hetero) is 1. The van der Waals surface area contributed by atoms with E-state index in [2.05, 4.69) is 5.32 Å². The zero-order chi connectivity index (χ0) is 17.8. The summed E-state index contributed by atoms with van der Waals surface area (Å²) in [7, 11) is 0. The number of benzene rings is 1. The highest BCUT2D eigenvalue weighted by Gasteiger charge is 2.31. The van der Waals surface area contributed by atoms with Gasteiger partial charge in [-0.3, -0.25) is 4.79 Å². The Balaban J connectivity index is 2.78. The summed E-state index contributed by atoms with van der Waals surface area (Å²) in [4.78, 5) is 22.8. The van der Waals surface area contributed by atoms with E-state index in [4.69, 9.17) is 4.74 Å². The van der Waals surface area contributed by atoms with Crippen molar-refractivity contribution in [2.75, 3.05) is 6.54 Å². The molecule has 0 bridgehead atoms. The van der Waals surface area contributed by atoms with Crippen LogP contribution in [0.4, 0.5) is 18.0 Å². The number of hydrogen-bond acceptors (Lipinski definition) is 3. The van der Waals surface area contributed by atoms with Gasteiger partial charge in [0.25, 0.3) is 0 Å². The molecule has 1 aromatic carbocycles. The van der Waals surface area contributed by atoms with Crippen molar-refractivity contribution < 1.29 is 27.5 Å². The quantitative estimate of drug-likeness (QED) is 0.849. The van der Waals surface area contributed by atoms with Crippen LogP contribution in [-0.4, -0.2) is 24.0 Å². The molecule has 0 spiro atoms. The van der Waals surface area contributed by atoms with Crippen LogP contribution >= 0.6 is 0 Å². The van der Waals surface area contributed by atoms with Crippen LogP contribution in [0.3, 0.4) is 0 Å². The van der Waals surface area contributed by atoms with Crippen molar-refractivity contribution in [2.45, 2.75) is 45.9 Å². The molecule has 0 radical (unpaired) electrons. The molecule has 0 fully saturated rings. The van der Waals surface area contributed by atoms with E-state index in [0.29, 0.717) is 5.56 Å². The van der Waals surface area contributed by atoms with Crippen LogP contribution in [0.25, 0.3) is 0 Å². The maximum absolute atomic E-state index is 12.8. The van der Waals surface area contributed by atoms with Crippen LogP contribution in [0.2, 0.25) is 0 Å². The average molecular weight is 331 g/mol. The number of alkyl carbamates (subject to hydrolysis) is 1. The Morgan fingerprint density at radius 3 is 2.22 bits per heavy atom. The Morgan fingerprint density at radius 1 is 1.13 bits per heavy atom. The maximum Gasteiger partial charge on any atom is 0.416 e. The summed E-state index contributed by atoms with van der Waals surface area (Å²) in [5.74, 6) is -0.447. The number of carbonyl (C=O) groups is 2. The van der Waals surface area contributed by atoms with Crippen molar-refractivity contribution in [2.24, 2.45) is 0 Å². The molecule has 0 saturated carbocycles. The molecule has 0 aliphatic rings. The number of nitrogens with one attached hydrogen (secondary N) is 1. The number of ether oxygens (including phenoxy) is 1. The van der Waals surface area contributed by atoms with Gasteiger partial charge in [0.05, 0.1) is 5.56 Å². The van der Waals surface area contributed by atoms with Gasteiger partial charge in [-0.2, -0.15) is 13.2 Å². The van der Waals surface area contributed by atoms with Gasteiger partial charge in [-0.15, -0.1) is 0 Å². The minimum absolute atomic E-state index is 0.00732. The molecule has 0 unspecified atom stereocenters. The topological polar surface area (TPSA) is 55.4 Å². The van der Waals surface area contributed by atoms with Crippen LogP contribution in [0.5, 0.6) is 0 Å². The fourth-order valence-electron chi connectivity index (χ4n) is 1.83. The van der Waals surface area contributed by atoms with Gasteiger partial charge >= 0.3 is 12.3 Å². The van der Waals surface area contributed by atoms with Crippen molar-refractivity contribution in [3.8, 4) is 0 Å². The van der Waals surface area contributed by atoms with E-state index in [1.165, 1.54) is 13.0 Å². The molecule has 0 aromatic heterocycles. The molecule has 23 heavy (non-hydrogen) atoms. The van der Waals surface area contributed by atoms with Gasteiger partial charge in [0, 0.05) is 12.1 Å². The first-order valence-corrected chi connectivity index (χ1v) is 7.07. The first-order chi connectivity index (χ1) is 10.4. The second-order valence-corrected chi connectivity index (χ2v) is 6.15. The summed E-state index contributed by atoms with van der Waals surface area (Å²) in [5.41, 5.74) is -1.21. The van der Waals surface area contributed by atoms with Crippen LogP contribution < -0.4 is 5.32 Å². The number of halogens is 3. The third kappa shape index (κ3) is 6.71. The molecule has 1 N–H and O–H groups in total. The lowest BCUT2D eigenvalue weighted by atomic mass is 10.0. The standard InChI is InChI=1S/C16H20F3NO3/c1-10(21)12-7-11(8-13(9-12)16(17,18)19)5-6-20-14(22)23-15(2,3)4/h7-9H,5-6H2,1-4H3,(H,20,22). The number of rotatable bonds is 4. The molecule has 0 heterocycles. The fourth-order valence-corrected chi connectivity index (χ4v) is 1.83. The van der Waals surface area contributed by atoms with Crippen LogP contribution in [-0.2, 0) is 17.3 Å². The van der Waals surface area contributed by atoms with Crippen molar-refractivity contribution >= 4 is 11.9 Å². The third-order valence-electron chi connectivity index (χ3n) is 2.81. The molecule has 1 aromatic rings. The van der Waals surface area contributed by atoms with Crippen molar-refractivity contribution in [3.05, 3.63) is 34.9 Å². The van der Waals surface area contributed by atoms with Gasteiger partial charge in [-0.1, -0.05) is 0 Å². The van der Waals surface area contributed by atoms with E-state index in [1.54, 1.807) is 20.8 Å². The largest absolute Gasteiger partial charge is 0.444 e. The predicted molar refractivity (Wildman–Crippen MR) is 79.4 cm³/mol. The zero-order valence-electron chi connectivity index (χ0n) is 13.5. The van der Waals surface area contributed by atoms with Gasteiger partial charge < -0.3 is 10.1 Å². The second kappa shape index (κ2) is 7.02. The zero-order valence-corrected chi connectivity index (χ0v) is 13.5. The van der Waals surface area contributed by atoms with E-state index in [0.717, 1.165) is 12.1 Å². The Hall–Kier alpha value is -2.05. The van der Waals surface area contributed by atoms with E-state index < -0.39 is 29.2 Å². The Bertz CT molecular complexity index is 589. The molecule has 128 valence electrons. The fraction of sp³-hybridized carbons (Fsp3) is 0.500. The van der Waals surface area contributed by atoms with Crippen molar-refractivity contribution in [1.82, 2.24) is 5.32 Å². The average Bonchev–Trinajstić information content (AvgIpc) is 2.35. The smallest absolute Gasteiger partial charge is 0.416 e. The molecule has 1 amide bonds. The summed E-state index contributed by atoms with van der Waals surface area (Å²) in [6, 6.07) is 3.20. The van der Waals surface area contributed by atoms with Gasteiger partial charge in [-0.25, -0.2) is 4.79 Å². The number of carbonyl (C=O) groups excluding carboxylic acids is 2. The van der Waals surface area contributed by atoms with Gasteiger partial charge in [0.15, 0.2) is 5.78 Å².